The van der Waals surface area contributed by atoms with Crippen LogP contribution in [0.5, 0.6) is 11.5 Å². The lowest BCUT2D eigenvalue weighted by Gasteiger charge is -2.27. The maximum Gasteiger partial charge on any atom is 0.271 e. The molecular formula is C33H27N5O6S. The highest BCUT2D eigenvalue weighted by atomic mass is 32.2. The van der Waals surface area contributed by atoms with Gasteiger partial charge in [0.2, 0.25) is 16.8 Å². The Hall–Kier alpha value is -5.51. The second kappa shape index (κ2) is 11.5. The fourth-order valence-corrected chi connectivity index (χ4v) is 5.98. The molecule has 2 aliphatic heterocycles. The first-order chi connectivity index (χ1) is 21.6. The molecule has 12 heteroatoms. The van der Waals surface area contributed by atoms with Crippen LogP contribution in [0, 0.1) is 11.3 Å². The van der Waals surface area contributed by atoms with E-state index in [9.17, 15) is 23.3 Å². The number of ether oxygens (including phenoxy) is 2. The third-order valence-electron chi connectivity index (χ3n) is 7.57. The van der Waals surface area contributed by atoms with Crippen molar-refractivity contribution in [2.75, 3.05) is 20.9 Å². The van der Waals surface area contributed by atoms with Crippen molar-refractivity contribution in [2.24, 2.45) is 0 Å². The number of fused-ring (bicyclic) bond motifs is 1. The number of carbonyl (C=O) groups is 2. The number of nitrogens with zero attached hydrogens (tertiary/aromatic N) is 5. The summed E-state index contributed by atoms with van der Waals surface area (Å²) in [5.41, 5.74) is 3.26. The van der Waals surface area contributed by atoms with Gasteiger partial charge in [-0.3, -0.25) is 14.5 Å². The van der Waals surface area contributed by atoms with Gasteiger partial charge in [0.25, 0.3) is 11.8 Å². The van der Waals surface area contributed by atoms with Crippen molar-refractivity contribution in [3.63, 3.8) is 0 Å². The van der Waals surface area contributed by atoms with Gasteiger partial charge in [-0.15, -0.1) is 0 Å². The van der Waals surface area contributed by atoms with Gasteiger partial charge in [-0.05, 0) is 60.5 Å². The number of carbonyl (C=O) groups excluding carboxylic acids is 2. The van der Waals surface area contributed by atoms with Gasteiger partial charge in [-0.2, -0.15) is 10.4 Å². The van der Waals surface area contributed by atoms with E-state index in [1.54, 1.807) is 54.2 Å². The Morgan fingerprint density at radius 2 is 1.69 bits per heavy atom. The number of aromatic nitrogens is 2. The average molecular weight is 622 g/mol. The monoisotopic (exact) mass is 621 g/mol. The summed E-state index contributed by atoms with van der Waals surface area (Å²) in [7, 11) is -0.728. The molecule has 1 aromatic heterocycles. The molecule has 226 valence electrons. The van der Waals surface area contributed by atoms with Gasteiger partial charge in [0.15, 0.2) is 11.5 Å². The van der Waals surface area contributed by atoms with Crippen molar-refractivity contribution in [1.29, 1.82) is 5.26 Å². The maximum atomic E-state index is 13.9. The molecule has 4 aromatic rings. The van der Waals surface area contributed by atoms with Crippen LogP contribution in [-0.2, 0) is 26.2 Å². The van der Waals surface area contributed by atoms with E-state index in [2.05, 4.69) is 0 Å². The fraction of sp³-hybridized carbons (Fsp3) is 0.152. The minimum Gasteiger partial charge on any atom is -0.454 e. The number of benzene rings is 3. The molecular weight excluding hydrogens is 594 g/mol. The molecule has 0 fully saturated rings. The topological polar surface area (TPSA) is 135 Å². The molecule has 0 radical (unpaired) electrons. The van der Waals surface area contributed by atoms with E-state index in [0.29, 0.717) is 33.9 Å². The molecule has 0 aliphatic carbocycles. The first-order valence-corrected chi connectivity index (χ1v) is 15.3. The minimum atomic E-state index is -3.65. The van der Waals surface area contributed by atoms with Crippen LogP contribution in [0.4, 0.5) is 0 Å². The average Bonchev–Trinajstić information content (AvgIpc) is 3.69. The number of hydrogen-bond donors (Lipinski definition) is 0. The zero-order chi connectivity index (χ0) is 31.9. The van der Waals surface area contributed by atoms with Crippen LogP contribution in [0.1, 0.15) is 18.1 Å². The lowest BCUT2D eigenvalue weighted by molar-refractivity contribution is -0.141. The molecule has 0 spiro atoms. The minimum absolute atomic E-state index is 0.0813. The summed E-state index contributed by atoms with van der Waals surface area (Å²) < 4.78 is 38.9. The standard InChI is InChI=1S/C33H27N5O6S/c1-21-27(32(39)37(33(40)28(21)17-34)18-22-9-14-29-30(15-22)44-20-43-29)16-24-19-38(25-7-5-4-6-8-25)35-31(24)23-10-12-26(13-11-23)45(41,42)36(2)3/h4-16,19H,18,20H2,1-3H3/b27-16+. The van der Waals surface area contributed by atoms with Crippen molar-refractivity contribution >= 4 is 27.9 Å². The molecule has 6 rings (SSSR count). The maximum absolute atomic E-state index is 13.9. The molecule has 2 aliphatic rings. The van der Waals surface area contributed by atoms with Crippen molar-refractivity contribution in [3.8, 4) is 34.5 Å². The van der Waals surface area contributed by atoms with Gasteiger partial charge in [0.1, 0.15) is 11.6 Å². The Bertz CT molecular complexity index is 2060. The van der Waals surface area contributed by atoms with Crippen LogP contribution in [0.2, 0.25) is 0 Å². The Labute approximate surface area is 259 Å². The molecule has 3 aromatic carbocycles. The molecule has 0 atom stereocenters. The zero-order valence-corrected chi connectivity index (χ0v) is 25.4. The predicted molar refractivity (Wildman–Crippen MR) is 164 cm³/mol. The first-order valence-electron chi connectivity index (χ1n) is 13.8. The zero-order valence-electron chi connectivity index (χ0n) is 24.6. The van der Waals surface area contributed by atoms with Crippen LogP contribution in [0.15, 0.2) is 101 Å². The van der Waals surface area contributed by atoms with Crippen molar-refractivity contribution < 1.29 is 27.5 Å². The smallest absolute Gasteiger partial charge is 0.271 e. The van der Waals surface area contributed by atoms with Gasteiger partial charge < -0.3 is 9.47 Å². The third-order valence-corrected chi connectivity index (χ3v) is 9.40. The van der Waals surface area contributed by atoms with Crippen molar-refractivity contribution in [1.82, 2.24) is 19.0 Å². The Morgan fingerprint density at radius 1 is 0.978 bits per heavy atom. The summed E-state index contributed by atoms with van der Waals surface area (Å²) in [5.74, 6) is -0.179. The number of hydrogen-bond acceptors (Lipinski definition) is 8. The van der Waals surface area contributed by atoms with Crippen molar-refractivity contribution in [2.45, 2.75) is 18.4 Å². The van der Waals surface area contributed by atoms with E-state index < -0.39 is 21.8 Å². The summed E-state index contributed by atoms with van der Waals surface area (Å²) in [6, 6.07) is 22.8. The van der Waals surface area contributed by atoms with Gasteiger partial charge in [0, 0.05) is 37.0 Å². The Balaban J connectivity index is 1.45. The molecule has 45 heavy (non-hydrogen) atoms. The second-order valence-electron chi connectivity index (χ2n) is 10.6. The van der Waals surface area contributed by atoms with Crippen LogP contribution < -0.4 is 9.47 Å². The van der Waals surface area contributed by atoms with Crippen LogP contribution in [0.25, 0.3) is 23.0 Å². The molecule has 0 bridgehead atoms. The van der Waals surface area contributed by atoms with Crippen LogP contribution >= 0.6 is 0 Å². The van der Waals surface area contributed by atoms with Crippen LogP contribution in [-0.4, -0.2) is 60.1 Å². The second-order valence-corrected chi connectivity index (χ2v) is 12.7. The molecule has 0 N–H and O–H groups in total. The normalized spacial score (nSPS) is 15.7. The quantitative estimate of drug-likeness (QED) is 0.220. The summed E-state index contributed by atoms with van der Waals surface area (Å²) in [6.45, 7) is 1.57. The lowest BCUT2D eigenvalue weighted by atomic mass is 9.93. The number of imide groups is 1. The van der Waals surface area contributed by atoms with Gasteiger partial charge in [0.05, 0.1) is 22.8 Å². The van der Waals surface area contributed by atoms with Crippen LogP contribution in [0.3, 0.4) is 0 Å². The molecule has 3 heterocycles. The Kier molecular flexibility index (Phi) is 7.57. The van der Waals surface area contributed by atoms with E-state index in [1.165, 1.54) is 26.2 Å². The highest BCUT2D eigenvalue weighted by Gasteiger charge is 2.36. The Morgan fingerprint density at radius 3 is 2.38 bits per heavy atom. The van der Waals surface area contributed by atoms with E-state index in [0.717, 1.165) is 14.9 Å². The highest BCUT2D eigenvalue weighted by molar-refractivity contribution is 7.89. The summed E-state index contributed by atoms with van der Waals surface area (Å²) >= 11 is 0. The molecule has 0 saturated carbocycles. The van der Waals surface area contributed by atoms with E-state index >= 15 is 0 Å². The molecule has 0 unspecified atom stereocenters. The molecule has 2 amide bonds. The SMILES string of the molecule is CC1=C(C#N)C(=O)N(Cc2ccc3c(c2)OCO3)C(=O)/C1=C/c1cn(-c2ccccc2)nc1-c1ccc(S(=O)(=O)N(C)C)cc1. The first kappa shape index (κ1) is 29.6. The third kappa shape index (κ3) is 5.39. The summed E-state index contributed by atoms with van der Waals surface area (Å²) in [4.78, 5) is 28.4. The lowest BCUT2D eigenvalue weighted by Crippen LogP contribution is -2.42. The number of amides is 2. The fourth-order valence-electron chi connectivity index (χ4n) is 5.08. The molecule has 0 saturated heterocycles. The predicted octanol–water partition coefficient (Wildman–Crippen LogP) is 4.31. The van der Waals surface area contributed by atoms with Gasteiger partial charge >= 0.3 is 0 Å². The molecule has 11 nitrogen and oxygen atoms in total. The summed E-state index contributed by atoms with van der Waals surface area (Å²) in [6.07, 6.45) is 3.35. The van der Waals surface area contributed by atoms with E-state index in [4.69, 9.17) is 14.6 Å². The van der Waals surface area contributed by atoms with E-state index in [-0.39, 0.29) is 35.0 Å². The van der Waals surface area contributed by atoms with E-state index in [1.807, 2.05) is 36.4 Å². The highest BCUT2D eigenvalue weighted by Crippen LogP contribution is 2.35. The number of para-hydroxylation sites is 1. The number of rotatable bonds is 7. The largest absolute Gasteiger partial charge is 0.454 e. The van der Waals surface area contributed by atoms with Gasteiger partial charge in [-0.25, -0.2) is 17.4 Å². The van der Waals surface area contributed by atoms with Gasteiger partial charge in [-0.1, -0.05) is 36.4 Å². The number of nitriles is 1. The number of sulfonamides is 1. The van der Waals surface area contributed by atoms with Crippen molar-refractivity contribution in [3.05, 3.63) is 107 Å². The summed E-state index contributed by atoms with van der Waals surface area (Å²) in [5, 5.41) is 14.7.